The molecule has 1 aromatic heterocycles. The number of hydrogen-bond donors (Lipinski definition) is 1. The second kappa shape index (κ2) is 9.21. The molecule has 0 radical (unpaired) electrons. The Hall–Kier alpha value is -2.38. The van der Waals surface area contributed by atoms with Gasteiger partial charge in [-0.1, -0.05) is 13.8 Å². The minimum Gasteiger partial charge on any atom is -0.474 e. The van der Waals surface area contributed by atoms with E-state index in [0.29, 0.717) is 31.8 Å². The number of alkyl carbamates (subject to hydrolysis) is 1. The highest BCUT2D eigenvalue weighted by molar-refractivity contribution is 5.86. The number of likely N-dealkylation sites (tertiary alicyclic amines) is 1. The number of amides is 2. The SMILES string of the molecule is CC(C)[C@H](NC(=O)OC(C)(C)C)C(=O)N1CCC(Oc2ccc(F)cn2)CC1. The summed E-state index contributed by atoms with van der Waals surface area (Å²) in [5, 5.41) is 2.70. The van der Waals surface area contributed by atoms with E-state index in [9.17, 15) is 14.0 Å². The second-order valence-electron chi connectivity index (χ2n) is 8.33. The number of halogens is 1. The first-order valence-corrected chi connectivity index (χ1v) is 9.61. The summed E-state index contributed by atoms with van der Waals surface area (Å²) >= 11 is 0. The Kier molecular flexibility index (Phi) is 7.21. The zero-order valence-electron chi connectivity index (χ0n) is 17.2. The van der Waals surface area contributed by atoms with Crippen LogP contribution in [0.3, 0.4) is 0 Å². The molecule has 0 aromatic carbocycles. The van der Waals surface area contributed by atoms with Gasteiger partial charge in [0.25, 0.3) is 0 Å². The van der Waals surface area contributed by atoms with E-state index < -0.39 is 23.6 Å². The number of carbonyl (C=O) groups is 2. The summed E-state index contributed by atoms with van der Waals surface area (Å²) in [6, 6.07) is 2.15. The lowest BCUT2D eigenvalue weighted by atomic mass is 10.0. The first kappa shape index (κ1) is 21.9. The normalized spacial score (nSPS) is 16.6. The molecule has 2 rings (SSSR count). The number of nitrogens with one attached hydrogen (secondary N) is 1. The highest BCUT2D eigenvalue weighted by Gasteiger charge is 2.32. The molecule has 7 nitrogen and oxygen atoms in total. The highest BCUT2D eigenvalue weighted by Crippen LogP contribution is 2.19. The number of piperidine rings is 1. The van der Waals surface area contributed by atoms with Gasteiger partial charge in [-0.15, -0.1) is 0 Å². The summed E-state index contributed by atoms with van der Waals surface area (Å²) in [5.74, 6) is -0.237. The first-order chi connectivity index (χ1) is 13.0. The number of nitrogens with zero attached hydrogens (tertiary/aromatic N) is 2. The minimum absolute atomic E-state index is 0.0718. The molecule has 1 N–H and O–H groups in total. The lowest BCUT2D eigenvalue weighted by Crippen LogP contribution is -2.54. The molecule has 1 saturated heterocycles. The smallest absolute Gasteiger partial charge is 0.408 e. The van der Waals surface area contributed by atoms with Crippen LogP contribution in [0.4, 0.5) is 9.18 Å². The van der Waals surface area contributed by atoms with E-state index in [4.69, 9.17) is 9.47 Å². The van der Waals surface area contributed by atoms with E-state index >= 15 is 0 Å². The molecule has 8 heteroatoms. The Morgan fingerprint density at radius 1 is 1.25 bits per heavy atom. The van der Waals surface area contributed by atoms with E-state index in [1.165, 1.54) is 12.1 Å². The van der Waals surface area contributed by atoms with Crippen molar-refractivity contribution in [1.82, 2.24) is 15.2 Å². The Bertz CT molecular complexity index is 665. The maximum absolute atomic E-state index is 12.9. The maximum Gasteiger partial charge on any atom is 0.408 e. The molecule has 1 fully saturated rings. The Balaban J connectivity index is 1.89. The molecule has 0 spiro atoms. The van der Waals surface area contributed by atoms with Crippen molar-refractivity contribution in [3.8, 4) is 5.88 Å². The van der Waals surface area contributed by atoms with Crippen molar-refractivity contribution in [1.29, 1.82) is 0 Å². The molecule has 1 aliphatic heterocycles. The summed E-state index contributed by atoms with van der Waals surface area (Å²) in [6.07, 6.45) is 1.71. The predicted octanol–water partition coefficient (Wildman–Crippen LogP) is 3.14. The number of rotatable bonds is 5. The molecule has 1 aromatic rings. The molecule has 1 aliphatic rings. The molecular weight excluding hydrogens is 365 g/mol. The van der Waals surface area contributed by atoms with Crippen LogP contribution in [-0.4, -0.2) is 52.7 Å². The largest absolute Gasteiger partial charge is 0.474 e. The van der Waals surface area contributed by atoms with Gasteiger partial charge in [-0.2, -0.15) is 0 Å². The van der Waals surface area contributed by atoms with Gasteiger partial charge in [0.05, 0.1) is 6.20 Å². The number of carbonyl (C=O) groups excluding carboxylic acids is 2. The van der Waals surface area contributed by atoms with Gasteiger partial charge in [0, 0.05) is 32.0 Å². The van der Waals surface area contributed by atoms with Gasteiger partial charge in [-0.25, -0.2) is 14.2 Å². The van der Waals surface area contributed by atoms with Crippen LogP contribution in [0.1, 0.15) is 47.5 Å². The van der Waals surface area contributed by atoms with Crippen LogP contribution in [0.5, 0.6) is 5.88 Å². The van der Waals surface area contributed by atoms with Gasteiger partial charge >= 0.3 is 6.09 Å². The summed E-state index contributed by atoms with van der Waals surface area (Å²) < 4.78 is 24.0. The van der Waals surface area contributed by atoms with Crippen molar-refractivity contribution in [2.24, 2.45) is 5.92 Å². The average Bonchev–Trinajstić information content (AvgIpc) is 2.60. The highest BCUT2D eigenvalue weighted by atomic mass is 19.1. The van der Waals surface area contributed by atoms with Crippen LogP contribution in [0.25, 0.3) is 0 Å². The molecule has 0 bridgehead atoms. The average molecular weight is 395 g/mol. The van der Waals surface area contributed by atoms with Crippen LogP contribution >= 0.6 is 0 Å². The zero-order chi connectivity index (χ0) is 20.9. The maximum atomic E-state index is 12.9. The van der Waals surface area contributed by atoms with Crippen LogP contribution in [0.15, 0.2) is 18.3 Å². The zero-order valence-corrected chi connectivity index (χ0v) is 17.2. The van der Waals surface area contributed by atoms with Gasteiger partial charge in [0.1, 0.15) is 23.6 Å². The standard InChI is InChI=1S/C20H30FN3O4/c1-13(2)17(23-19(26)28-20(3,4)5)18(25)24-10-8-15(9-11-24)27-16-7-6-14(21)12-22-16/h6-7,12-13,15,17H,8-11H2,1-5H3,(H,23,26)/t17-/m0/s1. The second-order valence-corrected chi connectivity index (χ2v) is 8.33. The van der Waals surface area contributed by atoms with Gasteiger partial charge in [0.15, 0.2) is 0 Å². The van der Waals surface area contributed by atoms with E-state index in [2.05, 4.69) is 10.3 Å². The third kappa shape index (κ3) is 6.65. The number of aromatic nitrogens is 1. The Morgan fingerprint density at radius 3 is 2.39 bits per heavy atom. The monoisotopic (exact) mass is 395 g/mol. The van der Waals surface area contributed by atoms with Crippen LogP contribution in [0.2, 0.25) is 0 Å². The summed E-state index contributed by atoms with van der Waals surface area (Å²) in [4.78, 5) is 30.6. The van der Waals surface area contributed by atoms with E-state index in [0.717, 1.165) is 6.20 Å². The van der Waals surface area contributed by atoms with E-state index in [-0.39, 0.29) is 17.9 Å². The van der Waals surface area contributed by atoms with Crippen molar-refractivity contribution in [3.63, 3.8) is 0 Å². The number of ether oxygens (including phenoxy) is 2. The van der Waals surface area contributed by atoms with Gasteiger partial charge in [-0.3, -0.25) is 4.79 Å². The fraction of sp³-hybridized carbons (Fsp3) is 0.650. The quantitative estimate of drug-likeness (QED) is 0.828. The van der Waals surface area contributed by atoms with Gasteiger partial charge in [-0.05, 0) is 32.8 Å². The van der Waals surface area contributed by atoms with Crippen molar-refractivity contribution in [3.05, 3.63) is 24.1 Å². The van der Waals surface area contributed by atoms with Gasteiger partial charge in [0.2, 0.25) is 11.8 Å². The van der Waals surface area contributed by atoms with Crippen molar-refractivity contribution >= 4 is 12.0 Å². The fourth-order valence-corrected chi connectivity index (χ4v) is 2.94. The van der Waals surface area contributed by atoms with Crippen molar-refractivity contribution in [2.45, 2.75) is 65.2 Å². The van der Waals surface area contributed by atoms with Crippen LogP contribution in [-0.2, 0) is 9.53 Å². The molecule has 0 aliphatic carbocycles. The lowest BCUT2D eigenvalue weighted by molar-refractivity contribution is -0.136. The van der Waals surface area contributed by atoms with Crippen LogP contribution < -0.4 is 10.1 Å². The third-order valence-electron chi connectivity index (χ3n) is 4.35. The first-order valence-electron chi connectivity index (χ1n) is 9.61. The van der Waals surface area contributed by atoms with E-state index in [1.54, 1.807) is 25.7 Å². The molecule has 28 heavy (non-hydrogen) atoms. The van der Waals surface area contributed by atoms with Crippen molar-refractivity contribution < 1.29 is 23.5 Å². The molecule has 0 unspecified atom stereocenters. The third-order valence-corrected chi connectivity index (χ3v) is 4.35. The fourth-order valence-electron chi connectivity index (χ4n) is 2.94. The van der Waals surface area contributed by atoms with Crippen molar-refractivity contribution in [2.75, 3.05) is 13.1 Å². The molecule has 156 valence electrons. The molecule has 2 heterocycles. The molecule has 1 atom stereocenters. The minimum atomic E-state index is -0.647. The predicted molar refractivity (Wildman–Crippen MR) is 102 cm³/mol. The van der Waals surface area contributed by atoms with Crippen LogP contribution in [0, 0.1) is 11.7 Å². The molecule has 0 saturated carbocycles. The summed E-state index contributed by atoms with van der Waals surface area (Å²) in [5.41, 5.74) is -0.626. The van der Waals surface area contributed by atoms with E-state index in [1.807, 2.05) is 13.8 Å². The lowest BCUT2D eigenvalue weighted by Gasteiger charge is -2.35. The molecule has 2 amide bonds. The topological polar surface area (TPSA) is 80.8 Å². The molecular formula is C20H30FN3O4. The number of pyridine rings is 1. The Labute approximate surface area is 165 Å². The van der Waals surface area contributed by atoms with Gasteiger partial charge < -0.3 is 19.7 Å². The summed E-state index contributed by atoms with van der Waals surface area (Å²) in [6.45, 7) is 10.1. The number of hydrogen-bond acceptors (Lipinski definition) is 5. The Morgan fingerprint density at radius 2 is 1.89 bits per heavy atom. The summed E-state index contributed by atoms with van der Waals surface area (Å²) in [7, 11) is 0.